The molecule has 0 bridgehead atoms. The van der Waals surface area contributed by atoms with E-state index in [9.17, 15) is 4.79 Å². The van der Waals surface area contributed by atoms with Gasteiger partial charge in [-0.25, -0.2) is 0 Å². The van der Waals surface area contributed by atoms with Gasteiger partial charge in [0.25, 0.3) is 0 Å². The van der Waals surface area contributed by atoms with Crippen LogP contribution in [0, 0.1) is 6.92 Å². The molecule has 0 spiro atoms. The van der Waals surface area contributed by atoms with E-state index in [1.807, 2.05) is 31.2 Å². The monoisotopic (exact) mass is 308 g/mol. The topological polar surface area (TPSA) is 45.5 Å². The molecule has 23 heavy (non-hydrogen) atoms. The third-order valence-corrected chi connectivity index (χ3v) is 5.13. The molecular weight excluding hydrogens is 288 g/mol. The fourth-order valence-corrected chi connectivity index (χ4v) is 3.89. The fourth-order valence-electron chi connectivity index (χ4n) is 3.89. The molecule has 4 nitrogen and oxygen atoms in total. The van der Waals surface area contributed by atoms with Crippen LogP contribution in [-0.2, 0) is 10.2 Å². The molecular formula is C19H20N2O2. The summed E-state index contributed by atoms with van der Waals surface area (Å²) in [5, 5.41) is 3.20. The minimum Gasteiger partial charge on any atom is -0.462 e. The number of benzene rings is 1. The van der Waals surface area contributed by atoms with Crippen molar-refractivity contribution in [3.63, 3.8) is 0 Å². The molecule has 3 heterocycles. The zero-order valence-electron chi connectivity index (χ0n) is 13.6. The van der Waals surface area contributed by atoms with Gasteiger partial charge in [-0.05, 0) is 42.8 Å². The highest BCUT2D eigenvalue weighted by molar-refractivity contribution is 5.91. The van der Waals surface area contributed by atoms with Crippen molar-refractivity contribution < 1.29 is 9.21 Å². The molecule has 4 heteroatoms. The van der Waals surface area contributed by atoms with E-state index in [1.165, 1.54) is 5.56 Å². The Morgan fingerprint density at radius 2 is 2.00 bits per heavy atom. The summed E-state index contributed by atoms with van der Waals surface area (Å²) in [6.45, 7) is 6.65. The number of nitrogens with zero attached hydrogens (tertiary/aromatic N) is 1. The van der Waals surface area contributed by atoms with Gasteiger partial charge in [0.2, 0.25) is 5.91 Å². The smallest absolute Gasteiger partial charge is 0.241 e. The molecule has 2 aliphatic heterocycles. The van der Waals surface area contributed by atoms with Gasteiger partial charge in [0.15, 0.2) is 0 Å². The van der Waals surface area contributed by atoms with Crippen LogP contribution in [0.15, 0.2) is 46.9 Å². The molecule has 2 aromatic rings. The van der Waals surface area contributed by atoms with Crippen LogP contribution in [0.4, 0.5) is 5.69 Å². The van der Waals surface area contributed by atoms with E-state index in [0.717, 1.165) is 17.2 Å². The van der Waals surface area contributed by atoms with E-state index in [1.54, 1.807) is 0 Å². The van der Waals surface area contributed by atoms with Crippen molar-refractivity contribution in [3.8, 4) is 0 Å². The third-order valence-electron chi connectivity index (χ3n) is 5.13. The number of carbonyl (C=O) groups excluding carboxylic acids is 1. The highest BCUT2D eigenvalue weighted by Crippen LogP contribution is 2.52. The van der Waals surface area contributed by atoms with Crippen LogP contribution < -0.4 is 10.2 Å². The highest BCUT2D eigenvalue weighted by Gasteiger charge is 2.59. The summed E-state index contributed by atoms with van der Waals surface area (Å²) in [7, 11) is 0. The van der Waals surface area contributed by atoms with Gasteiger partial charge in [0, 0.05) is 11.1 Å². The first kappa shape index (κ1) is 14.1. The SMILES string of the molecule is Cc1ccc(C=C[C@]23NC(=O)CN2c2ccccc2C3(C)C)o1. The number of rotatable bonds is 2. The zero-order valence-corrected chi connectivity index (χ0v) is 13.6. The number of carbonyl (C=O) groups is 1. The third kappa shape index (κ3) is 1.81. The number of para-hydroxylation sites is 1. The van der Waals surface area contributed by atoms with Crippen molar-refractivity contribution in [3.05, 3.63) is 59.6 Å². The second-order valence-corrected chi connectivity index (χ2v) is 6.82. The maximum Gasteiger partial charge on any atom is 0.241 e. The lowest BCUT2D eigenvalue weighted by Crippen LogP contribution is -2.58. The predicted octanol–water partition coefficient (Wildman–Crippen LogP) is 3.23. The summed E-state index contributed by atoms with van der Waals surface area (Å²) in [6, 6.07) is 12.2. The molecule has 1 aromatic heterocycles. The van der Waals surface area contributed by atoms with Gasteiger partial charge in [-0.15, -0.1) is 0 Å². The van der Waals surface area contributed by atoms with Gasteiger partial charge < -0.3 is 14.6 Å². The van der Waals surface area contributed by atoms with Gasteiger partial charge in [-0.3, -0.25) is 4.79 Å². The molecule has 1 atom stereocenters. The Bertz CT molecular complexity index is 818. The standard InChI is InChI=1S/C19H20N2O2/c1-13-8-9-14(23-13)10-11-19-18(2,3)15-6-4-5-7-16(15)21(19)12-17(22)20-19/h4-11H,12H2,1-3H3,(H,20,22)/t19-/m0/s1. The van der Waals surface area contributed by atoms with Crippen LogP contribution in [0.25, 0.3) is 6.08 Å². The molecule has 0 radical (unpaired) electrons. The molecule has 0 unspecified atom stereocenters. The van der Waals surface area contributed by atoms with Crippen LogP contribution in [0.2, 0.25) is 0 Å². The van der Waals surface area contributed by atoms with Crippen LogP contribution in [-0.4, -0.2) is 18.1 Å². The van der Waals surface area contributed by atoms with Crippen LogP contribution in [0.3, 0.4) is 0 Å². The average Bonchev–Trinajstić information content (AvgIpc) is 3.13. The number of amides is 1. The molecule has 1 amide bonds. The molecule has 1 aromatic carbocycles. The number of aryl methyl sites for hydroxylation is 1. The minimum atomic E-state index is -0.561. The number of anilines is 1. The van der Waals surface area contributed by atoms with Gasteiger partial charge in [0.05, 0.1) is 6.54 Å². The van der Waals surface area contributed by atoms with Crippen LogP contribution >= 0.6 is 0 Å². The number of furan rings is 1. The summed E-state index contributed by atoms with van der Waals surface area (Å²) >= 11 is 0. The zero-order chi connectivity index (χ0) is 16.2. The van der Waals surface area contributed by atoms with E-state index in [4.69, 9.17) is 4.42 Å². The molecule has 2 aliphatic rings. The van der Waals surface area contributed by atoms with Gasteiger partial charge in [-0.2, -0.15) is 0 Å². The Balaban J connectivity index is 1.84. The van der Waals surface area contributed by atoms with Crippen molar-refractivity contribution in [1.82, 2.24) is 5.32 Å². The summed E-state index contributed by atoms with van der Waals surface area (Å²) in [4.78, 5) is 14.3. The first-order valence-corrected chi connectivity index (χ1v) is 7.88. The number of hydrogen-bond acceptors (Lipinski definition) is 3. The van der Waals surface area contributed by atoms with E-state index < -0.39 is 5.66 Å². The Kier molecular flexibility index (Phi) is 2.77. The number of fused-ring (bicyclic) bond motifs is 3. The van der Waals surface area contributed by atoms with E-state index in [-0.39, 0.29) is 11.3 Å². The van der Waals surface area contributed by atoms with Gasteiger partial charge >= 0.3 is 0 Å². The maximum atomic E-state index is 12.2. The number of nitrogens with one attached hydrogen (secondary N) is 1. The van der Waals surface area contributed by atoms with Crippen molar-refractivity contribution in [2.45, 2.75) is 31.8 Å². The van der Waals surface area contributed by atoms with Crippen molar-refractivity contribution in [1.29, 1.82) is 0 Å². The predicted molar refractivity (Wildman–Crippen MR) is 90.2 cm³/mol. The molecule has 4 rings (SSSR count). The summed E-state index contributed by atoms with van der Waals surface area (Å²) in [5.74, 6) is 1.72. The average molecular weight is 308 g/mol. The van der Waals surface area contributed by atoms with Crippen molar-refractivity contribution >= 4 is 17.7 Å². The molecule has 0 saturated carbocycles. The van der Waals surface area contributed by atoms with E-state index >= 15 is 0 Å². The fraction of sp³-hybridized carbons (Fsp3) is 0.316. The van der Waals surface area contributed by atoms with Crippen molar-refractivity contribution in [2.24, 2.45) is 0 Å². The van der Waals surface area contributed by atoms with Gasteiger partial charge in [-0.1, -0.05) is 32.0 Å². The lowest BCUT2D eigenvalue weighted by atomic mass is 9.75. The Morgan fingerprint density at radius 1 is 1.22 bits per heavy atom. The second kappa shape index (κ2) is 4.51. The maximum absolute atomic E-state index is 12.2. The first-order chi connectivity index (χ1) is 10.9. The first-order valence-electron chi connectivity index (χ1n) is 7.88. The van der Waals surface area contributed by atoms with Crippen LogP contribution in [0.1, 0.15) is 30.9 Å². The Morgan fingerprint density at radius 3 is 2.74 bits per heavy atom. The van der Waals surface area contributed by atoms with E-state index in [2.05, 4.69) is 48.3 Å². The molecule has 1 N–H and O–H groups in total. The summed E-state index contributed by atoms with van der Waals surface area (Å²) in [5.41, 5.74) is 1.57. The normalized spacial score (nSPS) is 24.8. The Hall–Kier alpha value is -2.49. The summed E-state index contributed by atoms with van der Waals surface area (Å²) in [6.07, 6.45) is 4.02. The Labute approximate surface area is 135 Å². The number of hydrogen-bond donors (Lipinski definition) is 1. The van der Waals surface area contributed by atoms with Crippen LogP contribution in [0.5, 0.6) is 0 Å². The lowest BCUT2D eigenvalue weighted by Gasteiger charge is -2.40. The molecule has 1 fully saturated rings. The molecule has 1 saturated heterocycles. The molecule has 0 aliphatic carbocycles. The molecule has 118 valence electrons. The largest absolute Gasteiger partial charge is 0.462 e. The quantitative estimate of drug-likeness (QED) is 0.926. The second-order valence-electron chi connectivity index (χ2n) is 6.82. The lowest BCUT2D eigenvalue weighted by molar-refractivity contribution is -0.118. The summed E-state index contributed by atoms with van der Waals surface area (Å²) < 4.78 is 5.64. The van der Waals surface area contributed by atoms with Gasteiger partial charge in [0.1, 0.15) is 17.2 Å². The highest BCUT2D eigenvalue weighted by atomic mass is 16.3. The van der Waals surface area contributed by atoms with Crippen molar-refractivity contribution in [2.75, 3.05) is 11.4 Å². The minimum absolute atomic E-state index is 0.0489. The van der Waals surface area contributed by atoms with E-state index in [0.29, 0.717) is 6.54 Å².